The molecule has 0 spiro atoms. The van der Waals surface area contributed by atoms with Crippen LogP contribution in [0.1, 0.15) is 39.0 Å². The van der Waals surface area contributed by atoms with Gasteiger partial charge < -0.3 is 5.32 Å². The molecule has 1 atom stereocenters. The first-order chi connectivity index (χ1) is 13.6. The lowest BCUT2D eigenvalue weighted by Gasteiger charge is -2.16. The number of rotatable bonds is 8. The van der Waals surface area contributed by atoms with Crippen LogP contribution in [0.2, 0.25) is 0 Å². The smallest absolute Gasteiger partial charge is 0.262 e. The van der Waals surface area contributed by atoms with Gasteiger partial charge in [0.1, 0.15) is 0 Å². The molecule has 0 saturated heterocycles. The van der Waals surface area contributed by atoms with Crippen molar-refractivity contribution in [3.63, 3.8) is 0 Å². The predicted molar refractivity (Wildman–Crippen MR) is 116 cm³/mol. The van der Waals surface area contributed by atoms with Crippen molar-refractivity contribution >= 4 is 28.6 Å². The molecule has 0 unspecified atom stereocenters. The van der Waals surface area contributed by atoms with Crippen molar-refractivity contribution in [2.75, 3.05) is 6.54 Å². The minimum Gasteiger partial charge on any atom is -0.355 e. The number of benzene rings is 1. The molecular formula is C22H27N3O2S. The van der Waals surface area contributed by atoms with E-state index in [1.54, 1.807) is 16.7 Å². The highest BCUT2D eigenvalue weighted by atomic mass is 32.2. The number of hydrogen-bond donors (Lipinski definition) is 1. The largest absolute Gasteiger partial charge is 0.355 e. The third-order valence-electron chi connectivity index (χ3n) is 4.92. The molecule has 1 amide bonds. The van der Waals surface area contributed by atoms with Crippen molar-refractivity contribution in [2.24, 2.45) is 0 Å². The van der Waals surface area contributed by atoms with Gasteiger partial charge in [0.15, 0.2) is 5.16 Å². The van der Waals surface area contributed by atoms with Crippen molar-refractivity contribution < 1.29 is 4.79 Å². The third-order valence-corrected chi connectivity index (χ3v) is 6.01. The minimum absolute atomic E-state index is 0.0334. The second-order valence-corrected chi connectivity index (χ2v) is 8.33. The summed E-state index contributed by atoms with van der Waals surface area (Å²) in [6.07, 6.45) is 9.72. The maximum Gasteiger partial charge on any atom is 0.262 e. The monoisotopic (exact) mass is 397 g/mol. The summed E-state index contributed by atoms with van der Waals surface area (Å²) in [5.41, 5.74) is 1.99. The Morgan fingerprint density at radius 1 is 1.39 bits per heavy atom. The number of carbonyl (C=O) groups excluding carboxylic acids is 1. The van der Waals surface area contributed by atoms with Crippen LogP contribution in [0, 0.1) is 0 Å². The van der Waals surface area contributed by atoms with E-state index in [0.717, 1.165) is 19.3 Å². The summed E-state index contributed by atoms with van der Waals surface area (Å²) in [6, 6.07) is 7.28. The molecule has 1 heterocycles. The van der Waals surface area contributed by atoms with Crippen molar-refractivity contribution in [3.8, 4) is 0 Å². The average Bonchev–Trinajstić information content (AvgIpc) is 2.71. The summed E-state index contributed by atoms with van der Waals surface area (Å²) in [5, 5.41) is 3.79. The van der Waals surface area contributed by atoms with E-state index in [0.29, 0.717) is 29.1 Å². The van der Waals surface area contributed by atoms with Crippen molar-refractivity contribution in [3.05, 3.63) is 58.9 Å². The molecule has 0 fully saturated rings. The molecule has 0 saturated carbocycles. The Morgan fingerprint density at radius 2 is 2.21 bits per heavy atom. The number of amides is 1. The van der Waals surface area contributed by atoms with Crippen LogP contribution in [0.25, 0.3) is 10.9 Å². The molecule has 6 heteroatoms. The van der Waals surface area contributed by atoms with Crippen molar-refractivity contribution in [1.82, 2.24) is 14.9 Å². The van der Waals surface area contributed by atoms with Gasteiger partial charge in [-0.25, -0.2) is 4.98 Å². The van der Waals surface area contributed by atoms with Gasteiger partial charge in [-0.15, -0.1) is 6.58 Å². The number of nitrogens with one attached hydrogen (secondary N) is 1. The summed E-state index contributed by atoms with van der Waals surface area (Å²) >= 11 is 1.31. The van der Waals surface area contributed by atoms with Crippen LogP contribution in [0.3, 0.4) is 0 Å². The fourth-order valence-corrected chi connectivity index (χ4v) is 4.30. The molecule has 1 N–H and O–H groups in total. The number of nitrogens with zero attached hydrogens (tertiary/aromatic N) is 2. The predicted octanol–water partition coefficient (Wildman–Crippen LogP) is 4.07. The van der Waals surface area contributed by atoms with E-state index in [1.807, 2.05) is 25.1 Å². The summed E-state index contributed by atoms with van der Waals surface area (Å²) < 4.78 is 1.58. The molecule has 1 aliphatic carbocycles. The van der Waals surface area contributed by atoms with Gasteiger partial charge in [-0.2, -0.15) is 0 Å². The van der Waals surface area contributed by atoms with Crippen LogP contribution in [-0.4, -0.2) is 27.3 Å². The molecule has 1 aliphatic rings. The Kier molecular flexibility index (Phi) is 7.09. The second kappa shape index (κ2) is 9.73. The van der Waals surface area contributed by atoms with E-state index >= 15 is 0 Å². The normalized spacial score (nSPS) is 15.1. The van der Waals surface area contributed by atoms with Gasteiger partial charge in [-0.1, -0.05) is 41.6 Å². The van der Waals surface area contributed by atoms with Gasteiger partial charge in [0.2, 0.25) is 5.91 Å². The number of aromatic nitrogens is 2. The lowest BCUT2D eigenvalue weighted by molar-refractivity contribution is -0.120. The molecule has 148 valence electrons. The minimum atomic E-state index is -0.343. The Hall–Kier alpha value is -2.34. The molecule has 28 heavy (non-hydrogen) atoms. The lowest BCUT2D eigenvalue weighted by atomic mass is 9.97. The van der Waals surface area contributed by atoms with E-state index in [1.165, 1.54) is 30.2 Å². The quantitative estimate of drug-likeness (QED) is 0.414. The van der Waals surface area contributed by atoms with Crippen LogP contribution < -0.4 is 10.9 Å². The Bertz CT molecular complexity index is 948. The van der Waals surface area contributed by atoms with Gasteiger partial charge in [-0.3, -0.25) is 14.2 Å². The first-order valence-electron chi connectivity index (χ1n) is 9.83. The Morgan fingerprint density at radius 3 is 2.96 bits per heavy atom. The number of thioether (sulfide) groups is 1. The van der Waals surface area contributed by atoms with Gasteiger partial charge in [0, 0.05) is 13.1 Å². The molecule has 3 rings (SSSR count). The van der Waals surface area contributed by atoms with Gasteiger partial charge >= 0.3 is 0 Å². The van der Waals surface area contributed by atoms with Gasteiger partial charge in [-0.05, 0) is 51.2 Å². The number of para-hydroxylation sites is 1. The average molecular weight is 398 g/mol. The molecule has 0 radical (unpaired) electrons. The molecule has 1 aromatic heterocycles. The third kappa shape index (κ3) is 4.93. The second-order valence-electron chi connectivity index (χ2n) is 7.03. The van der Waals surface area contributed by atoms with Crippen molar-refractivity contribution in [2.45, 2.75) is 56.0 Å². The molecule has 2 aromatic rings. The number of allylic oxidation sites excluding steroid dienone is 2. The Labute approximate surface area is 169 Å². The van der Waals surface area contributed by atoms with Crippen molar-refractivity contribution in [1.29, 1.82) is 0 Å². The molecule has 0 bridgehead atoms. The summed E-state index contributed by atoms with van der Waals surface area (Å²) in [4.78, 5) is 29.9. The van der Waals surface area contributed by atoms with Crippen LogP contribution >= 0.6 is 11.8 Å². The summed E-state index contributed by atoms with van der Waals surface area (Å²) in [6.45, 7) is 6.60. The standard InChI is InChI=1S/C22H27N3O2S/c1-3-15-25-21(27)18-11-7-8-12-19(18)24-22(25)28-16(2)20(26)23-14-13-17-9-5-4-6-10-17/h3,7-9,11-12,16H,1,4-6,10,13-15H2,2H3,(H,23,26)/t16-/m1/s1. The van der Waals surface area contributed by atoms with E-state index in [-0.39, 0.29) is 16.7 Å². The maximum absolute atomic E-state index is 12.8. The fourth-order valence-electron chi connectivity index (χ4n) is 3.36. The number of carbonyl (C=O) groups is 1. The van der Waals surface area contributed by atoms with E-state index in [4.69, 9.17) is 0 Å². The van der Waals surface area contributed by atoms with Crippen LogP contribution in [0.5, 0.6) is 0 Å². The zero-order chi connectivity index (χ0) is 19.9. The van der Waals surface area contributed by atoms with E-state index in [9.17, 15) is 9.59 Å². The zero-order valence-electron chi connectivity index (χ0n) is 16.3. The first kappa shape index (κ1) is 20.4. The molecular weight excluding hydrogens is 370 g/mol. The number of fused-ring (bicyclic) bond motifs is 1. The van der Waals surface area contributed by atoms with Crippen LogP contribution in [0.4, 0.5) is 0 Å². The van der Waals surface area contributed by atoms with Gasteiger partial charge in [0.05, 0.1) is 16.2 Å². The molecule has 1 aromatic carbocycles. The van der Waals surface area contributed by atoms with E-state index in [2.05, 4.69) is 23.0 Å². The zero-order valence-corrected chi connectivity index (χ0v) is 17.1. The highest BCUT2D eigenvalue weighted by Crippen LogP contribution is 2.23. The summed E-state index contributed by atoms with van der Waals surface area (Å²) in [7, 11) is 0. The lowest BCUT2D eigenvalue weighted by Crippen LogP contribution is -2.33. The maximum atomic E-state index is 12.8. The molecule has 5 nitrogen and oxygen atoms in total. The first-order valence-corrected chi connectivity index (χ1v) is 10.7. The van der Waals surface area contributed by atoms with Crippen LogP contribution in [0.15, 0.2) is 58.5 Å². The topological polar surface area (TPSA) is 64.0 Å². The van der Waals surface area contributed by atoms with Crippen LogP contribution in [-0.2, 0) is 11.3 Å². The molecule has 0 aliphatic heterocycles. The van der Waals surface area contributed by atoms with E-state index < -0.39 is 0 Å². The Balaban J connectivity index is 1.69. The SMILES string of the molecule is C=CCn1c(S[C@H](C)C(=O)NCCC2=CCCCC2)nc2ccccc2c1=O. The van der Waals surface area contributed by atoms with Gasteiger partial charge in [0.25, 0.3) is 5.56 Å². The highest BCUT2D eigenvalue weighted by Gasteiger charge is 2.19. The summed E-state index contributed by atoms with van der Waals surface area (Å²) in [5.74, 6) is -0.0334. The number of hydrogen-bond acceptors (Lipinski definition) is 4. The fraction of sp³-hybridized carbons (Fsp3) is 0.409. The highest BCUT2D eigenvalue weighted by molar-refractivity contribution is 8.00.